The van der Waals surface area contributed by atoms with Gasteiger partial charge in [-0.25, -0.2) is 0 Å². The summed E-state index contributed by atoms with van der Waals surface area (Å²) in [5.41, 5.74) is 0.685. The first-order valence-electron chi connectivity index (χ1n) is 10.8. The number of hydrogen-bond donors (Lipinski definition) is 3. The van der Waals surface area contributed by atoms with E-state index >= 15 is 0 Å². The molecule has 1 saturated heterocycles. The first-order chi connectivity index (χ1) is 14.5. The number of aliphatic hydroxyl groups is 1. The molecule has 166 valence electrons. The summed E-state index contributed by atoms with van der Waals surface area (Å²) in [7, 11) is 0. The number of nitrogens with one attached hydrogen (secondary N) is 1. The van der Waals surface area contributed by atoms with Gasteiger partial charge in [-0.3, -0.25) is 9.59 Å². The number of ether oxygens (including phenoxy) is 2. The molecule has 0 spiro atoms. The normalized spacial score (nSPS) is 18.0. The molecule has 1 amide bonds. The van der Waals surface area contributed by atoms with Gasteiger partial charge in [0.05, 0.1) is 6.04 Å². The summed E-state index contributed by atoms with van der Waals surface area (Å²) in [6, 6.07) is 4.96. The first-order valence-corrected chi connectivity index (χ1v) is 10.8. The van der Waals surface area contributed by atoms with Crippen LogP contribution in [0, 0.1) is 0 Å². The van der Waals surface area contributed by atoms with Gasteiger partial charge in [-0.1, -0.05) is 12.5 Å². The van der Waals surface area contributed by atoms with E-state index < -0.39 is 18.1 Å². The number of carboxylic acid groups (broad SMARTS) is 1. The maximum Gasteiger partial charge on any atom is 0.303 e. The summed E-state index contributed by atoms with van der Waals surface area (Å²) in [5, 5.41) is 22.8. The Bertz CT molecular complexity index is 720. The van der Waals surface area contributed by atoms with E-state index in [-0.39, 0.29) is 12.3 Å². The summed E-state index contributed by atoms with van der Waals surface area (Å²) < 4.78 is 11.2. The number of aliphatic hydroxyl groups excluding tert-OH is 1. The lowest BCUT2D eigenvalue weighted by atomic mass is 10.0. The lowest BCUT2D eigenvalue weighted by Crippen LogP contribution is -2.46. The largest absolute Gasteiger partial charge is 0.486 e. The number of nitrogens with zero attached hydrogens (tertiary/aromatic N) is 1. The second-order valence-corrected chi connectivity index (χ2v) is 7.98. The number of hydrogen-bond acceptors (Lipinski definition) is 6. The molecule has 8 heteroatoms. The number of likely N-dealkylation sites (tertiary alicyclic amines) is 1. The highest BCUT2D eigenvalue weighted by Gasteiger charge is 2.27. The van der Waals surface area contributed by atoms with Crippen LogP contribution < -0.4 is 14.8 Å². The van der Waals surface area contributed by atoms with Gasteiger partial charge in [0, 0.05) is 19.4 Å². The van der Waals surface area contributed by atoms with Crippen LogP contribution in [0.3, 0.4) is 0 Å². The molecule has 2 aliphatic rings. The zero-order valence-electron chi connectivity index (χ0n) is 17.3. The maximum absolute atomic E-state index is 12.5. The van der Waals surface area contributed by atoms with Crippen LogP contribution in [0.1, 0.15) is 56.6 Å². The van der Waals surface area contributed by atoms with Crippen molar-refractivity contribution in [3.05, 3.63) is 23.8 Å². The van der Waals surface area contributed by atoms with Crippen molar-refractivity contribution in [3.8, 4) is 11.5 Å². The van der Waals surface area contributed by atoms with Crippen LogP contribution >= 0.6 is 0 Å². The van der Waals surface area contributed by atoms with Crippen molar-refractivity contribution in [2.45, 2.75) is 57.1 Å². The molecule has 1 aromatic carbocycles. The van der Waals surface area contributed by atoms with Crippen molar-refractivity contribution in [2.24, 2.45) is 0 Å². The van der Waals surface area contributed by atoms with E-state index in [1.54, 1.807) is 12.1 Å². The second kappa shape index (κ2) is 11.2. The number of carboxylic acids is 1. The highest BCUT2D eigenvalue weighted by molar-refractivity contribution is 5.76. The molecule has 1 aromatic rings. The average molecular weight is 421 g/mol. The minimum atomic E-state index is -0.864. The average Bonchev–Trinajstić information content (AvgIpc) is 3.25. The zero-order chi connectivity index (χ0) is 21.3. The zero-order valence-corrected chi connectivity index (χ0v) is 17.3. The van der Waals surface area contributed by atoms with Crippen LogP contribution in [0.25, 0.3) is 0 Å². The van der Waals surface area contributed by atoms with Gasteiger partial charge in [0.15, 0.2) is 11.5 Å². The fraction of sp³-hybridized carbons (Fsp3) is 0.636. The van der Waals surface area contributed by atoms with E-state index in [1.807, 2.05) is 6.07 Å². The summed E-state index contributed by atoms with van der Waals surface area (Å²) >= 11 is 0. The number of benzene rings is 1. The van der Waals surface area contributed by atoms with Gasteiger partial charge in [0.1, 0.15) is 19.3 Å². The third-order valence-electron chi connectivity index (χ3n) is 5.58. The molecule has 0 saturated carbocycles. The number of carbonyl (C=O) groups excluding carboxylic acids is 1. The molecule has 0 aromatic heterocycles. The number of carbonyl (C=O) groups is 2. The van der Waals surface area contributed by atoms with Gasteiger partial charge in [0.25, 0.3) is 0 Å². The Hall–Kier alpha value is -2.32. The van der Waals surface area contributed by atoms with Crippen LogP contribution in [0.2, 0.25) is 0 Å². The summed E-state index contributed by atoms with van der Waals surface area (Å²) in [6.45, 7) is 3.50. The van der Waals surface area contributed by atoms with Crippen molar-refractivity contribution < 1.29 is 29.3 Å². The fourth-order valence-corrected chi connectivity index (χ4v) is 3.96. The van der Waals surface area contributed by atoms with E-state index in [1.165, 1.54) is 0 Å². The van der Waals surface area contributed by atoms with E-state index in [0.29, 0.717) is 62.5 Å². The van der Waals surface area contributed by atoms with Crippen LogP contribution in [0.5, 0.6) is 11.5 Å². The predicted octanol–water partition coefficient (Wildman–Crippen LogP) is 2.11. The van der Waals surface area contributed by atoms with Crippen molar-refractivity contribution in [3.63, 3.8) is 0 Å². The molecule has 0 aliphatic carbocycles. The fourth-order valence-electron chi connectivity index (χ4n) is 3.96. The number of unbranched alkanes of at least 4 members (excludes halogenated alkanes) is 2. The van der Waals surface area contributed by atoms with Crippen molar-refractivity contribution >= 4 is 11.9 Å². The number of rotatable bonds is 11. The van der Waals surface area contributed by atoms with Crippen LogP contribution in [-0.4, -0.2) is 65.9 Å². The quantitative estimate of drug-likeness (QED) is 0.471. The van der Waals surface area contributed by atoms with Crippen molar-refractivity contribution in [1.82, 2.24) is 10.2 Å². The predicted molar refractivity (Wildman–Crippen MR) is 111 cm³/mol. The molecule has 0 unspecified atom stereocenters. The van der Waals surface area contributed by atoms with E-state index in [0.717, 1.165) is 25.9 Å². The molecule has 8 nitrogen and oxygen atoms in total. The smallest absolute Gasteiger partial charge is 0.303 e. The lowest BCUT2D eigenvalue weighted by Gasteiger charge is -2.29. The van der Waals surface area contributed by atoms with Gasteiger partial charge < -0.3 is 29.9 Å². The maximum atomic E-state index is 12.5. The summed E-state index contributed by atoms with van der Waals surface area (Å²) in [6.07, 6.45) is 3.74. The summed E-state index contributed by atoms with van der Waals surface area (Å²) in [5.74, 6) is 0.347. The Kier molecular flexibility index (Phi) is 8.33. The lowest BCUT2D eigenvalue weighted by molar-refractivity contribution is -0.137. The monoisotopic (exact) mass is 420 g/mol. The molecule has 3 N–H and O–H groups in total. The van der Waals surface area contributed by atoms with E-state index in [9.17, 15) is 14.7 Å². The third kappa shape index (κ3) is 6.60. The molecular formula is C22H32N2O6. The van der Waals surface area contributed by atoms with Gasteiger partial charge in [-0.15, -0.1) is 0 Å². The van der Waals surface area contributed by atoms with Gasteiger partial charge >= 0.3 is 5.97 Å². The number of amides is 1. The summed E-state index contributed by atoms with van der Waals surface area (Å²) in [4.78, 5) is 25.3. The molecule has 3 rings (SSSR count). The molecule has 1 fully saturated rings. The van der Waals surface area contributed by atoms with Gasteiger partial charge in [0.2, 0.25) is 5.91 Å². The minimum Gasteiger partial charge on any atom is -0.486 e. The molecule has 0 bridgehead atoms. The van der Waals surface area contributed by atoms with Gasteiger partial charge in [-0.2, -0.15) is 0 Å². The van der Waals surface area contributed by atoms with Gasteiger partial charge in [-0.05, 0) is 56.5 Å². The Morgan fingerprint density at radius 2 is 1.73 bits per heavy atom. The number of aliphatic carboxylic acids is 1. The Balaban J connectivity index is 1.59. The molecule has 2 heterocycles. The Labute approximate surface area is 177 Å². The van der Waals surface area contributed by atoms with Crippen molar-refractivity contribution in [2.75, 3.05) is 32.8 Å². The second-order valence-electron chi connectivity index (χ2n) is 7.98. The minimum absolute atomic E-state index is 0.119. The van der Waals surface area contributed by atoms with Crippen LogP contribution in [-0.2, 0) is 9.59 Å². The number of fused-ring (bicyclic) bond motifs is 1. The molecule has 30 heavy (non-hydrogen) atoms. The van der Waals surface area contributed by atoms with E-state index in [4.69, 9.17) is 14.6 Å². The topological polar surface area (TPSA) is 108 Å². The highest BCUT2D eigenvalue weighted by Crippen LogP contribution is 2.33. The Morgan fingerprint density at radius 1 is 1.03 bits per heavy atom. The SMILES string of the molecule is O=C(O)CCCCCC(=O)N[C@H](CN1CCCC1)[C@H](O)c1ccc2c(c1)OCCO2. The Morgan fingerprint density at radius 3 is 2.47 bits per heavy atom. The first kappa shape index (κ1) is 22.4. The highest BCUT2D eigenvalue weighted by atomic mass is 16.6. The molecule has 2 atom stereocenters. The standard InChI is InChI=1S/C22H32N2O6/c25-20(6-2-1-3-7-21(26)27)23-17(15-24-10-4-5-11-24)22(28)16-8-9-18-19(14-16)30-13-12-29-18/h8-9,14,17,22,28H,1-7,10-13,15H2,(H,23,25)(H,26,27)/t17-,22-/m1/s1. The molecular weight excluding hydrogens is 388 g/mol. The van der Waals surface area contributed by atoms with Crippen molar-refractivity contribution in [1.29, 1.82) is 0 Å². The van der Waals surface area contributed by atoms with E-state index in [2.05, 4.69) is 10.2 Å². The molecule has 2 aliphatic heterocycles. The van der Waals surface area contributed by atoms with Crippen LogP contribution in [0.15, 0.2) is 18.2 Å². The third-order valence-corrected chi connectivity index (χ3v) is 5.58. The van der Waals surface area contributed by atoms with Crippen LogP contribution in [0.4, 0.5) is 0 Å². The molecule has 0 radical (unpaired) electrons.